The third kappa shape index (κ3) is 3.51. The molecule has 1 N–H and O–H groups in total. The first-order valence-corrected chi connectivity index (χ1v) is 8.69. The number of anilines is 1. The van der Waals surface area contributed by atoms with E-state index in [1.54, 1.807) is 6.92 Å². The van der Waals surface area contributed by atoms with Crippen molar-refractivity contribution in [1.29, 1.82) is 0 Å². The van der Waals surface area contributed by atoms with Crippen molar-refractivity contribution in [2.75, 3.05) is 12.0 Å². The standard InChI is InChI=1S/C19H22N4O3/c1-4-26-19(25)15-11-20-17-16(9-8-13(3)23(17)18(15)24)22-21-14-7-5-6-12(2)10-14/h5-7,10-11,13,21H,4,8-9H2,1-3H3. The van der Waals surface area contributed by atoms with Gasteiger partial charge in [0, 0.05) is 12.2 Å². The molecule has 0 aliphatic carbocycles. The molecule has 136 valence electrons. The lowest BCUT2D eigenvalue weighted by Crippen LogP contribution is -2.37. The van der Waals surface area contributed by atoms with Gasteiger partial charge < -0.3 is 4.74 Å². The molecule has 0 spiro atoms. The van der Waals surface area contributed by atoms with Crippen molar-refractivity contribution in [3.8, 4) is 0 Å². The number of hydrogen-bond donors (Lipinski definition) is 1. The molecular weight excluding hydrogens is 332 g/mol. The van der Waals surface area contributed by atoms with Crippen molar-refractivity contribution in [3.63, 3.8) is 0 Å². The molecule has 2 heterocycles. The minimum atomic E-state index is -0.644. The molecule has 7 heteroatoms. The van der Waals surface area contributed by atoms with Crippen molar-refractivity contribution in [1.82, 2.24) is 9.55 Å². The van der Waals surface area contributed by atoms with Gasteiger partial charge in [-0.15, -0.1) is 0 Å². The van der Waals surface area contributed by atoms with Crippen LogP contribution in [0.15, 0.2) is 40.4 Å². The summed E-state index contributed by atoms with van der Waals surface area (Å²) in [4.78, 5) is 29.1. The molecule has 1 unspecified atom stereocenters. The van der Waals surface area contributed by atoms with Crippen LogP contribution >= 0.6 is 0 Å². The van der Waals surface area contributed by atoms with E-state index in [1.807, 2.05) is 38.1 Å². The number of nitrogens with zero attached hydrogens (tertiary/aromatic N) is 3. The van der Waals surface area contributed by atoms with Gasteiger partial charge in [-0.1, -0.05) is 12.1 Å². The lowest BCUT2D eigenvalue weighted by molar-refractivity contribution is 0.0522. The van der Waals surface area contributed by atoms with Crippen LogP contribution in [0.25, 0.3) is 0 Å². The van der Waals surface area contributed by atoms with E-state index in [1.165, 1.54) is 10.8 Å². The summed E-state index contributed by atoms with van der Waals surface area (Å²) in [5.41, 5.74) is 5.28. The zero-order valence-corrected chi connectivity index (χ0v) is 15.2. The van der Waals surface area contributed by atoms with E-state index in [9.17, 15) is 9.59 Å². The Bertz CT molecular complexity index is 917. The molecule has 1 atom stereocenters. The van der Waals surface area contributed by atoms with Gasteiger partial charge in [-0.3, -0.25) is 14.8 Å². The third-order valence-corrected chi connectivity index (χ3v) is 4.32. The van der Waals surface area contributed by atoms with E-state index in [0.717, 1.165) is 17.7 Å². The van der Waals surface area contributed by atoms with Crippen LogP contribution in [0.1, 0.15) is 54.5 Å². The highest BCUT2D eigenvalue weighted by Crippen LogP contribution is 2.22. The minimum absolute atomic E-state index is 0.0460. The van der Waals surface area contributed by atoms with Gasteiger partial charge in [0.25, 0.3) is 5.56 Å². The van der Waals surface area contributed by atoms with Gasteiger partial charge in [0.2, 0.25) is 0 Å². The maximum atomic E-state index is 12.8. The summed E-state index contributed by atoms with van der Waals surface area (Å²) < 4.78 is 6.48. The van der Waals surface area contributed by atoms with Gasteiger partial charge >= 0.3 is 5.97 Å². The quantitative estimate of drug-likeness (QED) is 0.674. The molecular formula is C19H22N4O3. The van der Waals surface area contributed by atoms with Crippen molar-refractivity contribution >= 4 is 17.4 Å². The highest BCUT2D eigenvalue weighted by molar-refractivity contribution is 5.99. The topological polar surface area (TPSA) is 85.6 Å². The number of benzene rings is 1. The summed E-state index contributed by atoms with van der Waals surface area (Å²) in [5.74, 6) is -0.156. The first-order valence-electron chi connectivity index (χ1n) is 8.69. The predicted molar refractivity (Wildman–Crippen MR) is 99.7 cm³/mol. The molecule has 1 aromatic carbocycles. The second-order valence-electron chi connectivity index (χ2n) is 6.32. The highest BCUT2D eigenvalue weighted by Gasteiger charge is 2.27. The van der Waals surface area contributed by atoms with Crippen LogP contribution in [0.5, 0.6) is 0 Å². The van der Waals surface area contributed by atoms with Crippen molar-refractivity contribution < 1.29 is 9.53 Å². The molecule has 0 saturated carbocycles. The molecule has 0 saturated heterocycles. The largest absolute Gasteiger partial charge is 0.462 e. The minimum Gasteiger partial charge on any atom is -0.462 e. The normalized spacial score (nSPS) is 17.7. The lowest BCUT2D eigenvalue weighted by Gasteiger charge is -2.25. The van der Waals surface area contributed by atoms with E-state index >= 15 is 0 Å². The first-order chi connectivity index (χ1) is 12.5. The summed E-state index contributed by atoms with van der Waals surface area (Å²) in [6.07, 6.45) is 2.73. The Hall–Kier alpha value is -2.96. The van der Waals surface area contributed by atoms with Gasteiger partial charge in [-0.25, -0.2) is 9.78 Å². The Kier molecular flexibility index (Phi) is 5.16. The Morgan fingerprint density at radius 2 is 2.27 bits per heavy atom. The zero-order chi connectivity index (χ0) is 18.7. The van der Waals surface area contributed by atoms with Crippen LogP contribution in [0.3, 0.4) is 0 Å². The van der Waals surface area contributed by atoms with Crippen LogP contribution in [0.2, 0.25) is 0 Å². The fraction of sp³-hybridized carbons (Fsp3) is 0.368. The number of aryl methyl sites for hydroxylation is 1. The molecule has 2 aromatic rings. The Balaban J connectivity index is 1.97. The number of ether oxygens (including phenoxy) is 1. The monoisotopic (exact) mass is 354 g/mol. The number of aromatic nitrogens is 2. The number of carbonyl (C=O) groups excluding carboxylic acids is 1. The Morgan fingerprint density at radius 3 is 3.00 bits per heavy atom. The summed E-state index contributed by atoms with van der Waals surface area (Å²) >= 11 is 0. The summed E-state index contributed by atoms with van der Waals surface area (Å²) in [6, 6.07) is 7.81. The highest BCUT2D eigenvalue weighted by atomic mass is 16.5. The van der Waals surface area contributed by atoms with E-state index < -0.39 is 5.97 Å². The molecule has 1 aliphatic heterocycles. The number of rotatable bonds is 4. The fourth-order valence-corrected chi connectivity index (χ4v) is 2.98. The second-order valence-corrected chi connectivity index (χ2v) is 6.32. The number of carbonyl (C=O) groups is 1. The molecule has 0 amide bonds. The Labute approximate surface area is 151 Å². The van der Waals surface area contributed by atoms with Gasteiger partial charge in [0.15, 0.2) is 5.82 Å². The number of fused-ring (bicyclic) bond motifs is 1. The van der Waals surface area contributed by atoms with Gasteiger partial charge in [0.05, 0.1) is 12.3 Å². The van der Waals surface area contributed by atoms with Crippen molar-refractivity contribution in [2.24, 2.45) is 5.10 Å². The SMILES string of the molecule is CCOC(=O)c1cnc2n(c1=O)C(C)CCC2=NNc1cccc(C)c1. The summed E-state index contributed by atoms with van der Waals surface area (Å²) in [5, 5.41) is 4.45. The fourth-order valence-electron chi connectivity index (χ4n) is 2.98. The van der Waals surface area contributed by atoms with Gasteiger partial charge in [0.1, 0.15) is 11.3 Å². The van der Waals surface area contributed by atoms with Gasteiger partial charge in [-0.05, 0) is 51.3 Å². The smallest absolute Gasteiger partial charge is 0.345 e. The molecule has 3 rings (SSSR count). The molecule has 0 bridgehead atoms. The van der Waals surface area contributed by atoms with Crippen LogP contribution in [0.4, 0.5) is 5.69 Å². The average Bonchev–Trinajstić information content (AvgIpc) is 2.61. The maximum absolute atomic E-state index is 12.8. The van der Waals surface area contributed by atoms with Crippen LogP contribution in [0, 0.1) is 6.92 Å². The zero-order valence-electron chi connectivity index (χ0n) is 15.2. The molecule has 1 aliphatic rings. The average molecular weight is 354 g/mol. The van der Waals surface area contributed by atoms with Crippen LogP contribution in [-0.4, -0.2) is 27.8 Å². The van der Waals surface area contributed by atoms with Crippen LogP contribution in [-0.2, 0) is 4.74 Å². The third-order valence-electron chi connectivity index (χ3n) is 4.32. The number of nitrogens with one attached hydrogen (secondary N) is 1. The molecule has 7 nitrogen and oxygen atoms in total. The number of hydrogen-bond acceptors (Lipinski definition) is 6. The maximum Gasteiger partial charge on any atom is 0.345 e. The van der Waals surface area contributed by atoms with E-state index in [2.05, 4.69) is 15.5 Å². The predicted octanol–water partition coefficient (Wildman–Crippen LogP) is 2.90. The van der Waals surface area contributed by atoms with E-state index in [0.29, 0.717) is 18.0 Å². The first kappa shape index (κ1) is 17.8. The summed E-state index contributed by atoms with van der Waals surface area (Å²) in [6.45, 7) is 5.86. The molecule has 1 aromatic heterocycles. The number of hydrazone groups is 1. The Morgan fingerprint density at radius 1 is 1.46 bits per heavy atom. The van der Waals surface area contributed by atoms with E-state index in [-0.39, 0.29) is 23.8 Å². The van der Waals surface area contributed by atoms with Crippen LogP contribution < -0.4 is 11.0 Å². The van der Waals surface area contributed by atoms with E-state index in [4.69, 9.17) is 4.74 Å². The summed E-state index contributed by atoms with van der Waals surface area (Å²) in [7, 11) is 0. The molecule has 26 heavy (non-hydrogen) atoms. The van der Waals surface area contributed by atoms with Crippen molar-refractivity contribution in [3.05, 3.63) is 57.8 Å². The second kappa shape index (κ2) is 7.51. The number of esters is 1. The molecule has 0 fully saturated rings. The lowest BCUT2D eigenvalue weighted by atomic mass is 10.0. The van der Waals surface area contributed by atoms with Gasteiger partial charge in [-0.2, -0.15) is 5.10 Å². The molecule has 0 radical (unpaired) electrons. The van der Waals surface area contributed by atoms with Crippen molar-refractivity contribution in [2.45, 2.75) is 39.7 Å².